The van der Waals surface area contributed by atoms with Gasteiger partial charge in [-0.2, -0.15) is 0 Å². The van der Waals surface area contributed by atoms with Crippen LogP contribution in [0.2, 0.25) is 0 Å². The van der Waals surface area contributed by atoms with Gasteiger partial charge in [0.1, 0.15) is 11.1 Å². The Balaban J connectivity index is 1.30. The van der Waals surface area contributed by atoms with Crippen LogP contribution in [-0.4, -0.2) is 19.9 Å². The van der Waals surface area contributed by atoms with Crippen LogP contribution >= 0.6 is 0 Å². The van der Waals surface area contributed by atoms with Crippen LogP contribution in [0.15, 0.2) is 139 Å². The molecule has 0 fully saturated rings. The molecule has 0 saturated heterocycles. The number of furan rings is 1. The van der Waals surface area contributed by atoms with Crippen LogP contribution in [0.3, 0.4) is 0 Å². The van der Waals surface area contributed by atoms with Gasteiger partial charge in [0.2, 0.25) is 0 Å². The first-order chi connectivity index (χ1) is 21.8. The maximum atomic E-state index is 6.43. The predicted molar refractivity (Wildman–Crippen MR) is 172 cm³/mol. The first-order valence-electron chi connectivity index (χ1n) is 14.7. The van der Waals surface area contributed by atoms with Gasteiger partial charge in [-0.05, 0) is 105 Å². The third kappa shape index (κ3) is 2.93. The van der Waals surface area contributed by atoms with Gasteiger partial charge < -0.3 is 4.42 Å². The summed E-state index contributed by atoms with van der Waals surface area (Å²) in [6.07, 6.45) is 9.31. The van der Waals surface area contributed by atoms with Crippen molar-refractivity contribution in [3.8, 4) is 44.8 Å². The van der Waals surface area contributed by atoms with E-state index in [9.17, 15) is 0 Å². The Hall–Kier alpha value is -5.94. The number of hydrogen-bond acceptors (Lipinski definition) is 5. The lowest BCUT2D eigenvalue weighted by molar-refractivity contribution is 0.669. The number of benzene rings is 3. The highest BCUT2D eigenvalue weighted by Crippen LogP contribution is 2.62. The van der Waals surface area contributed by atoms with Crippen molar-refractivity contribution in [3.05, 3.63) is 156 Å². The number of nitrogens with zero attached hydrogens (tertiary/aromatic N) is 4. The Bertz CT molecular complexity index is 2420. The Morgan fingerprint density at radius 3 is 1.91 bits per heavy atom. The molecule has 204 valence electrons. The monoisotopic (exact) mass is 562 g/mol. The Morgan fingerprint density at radius 1 is 0.477 bits per heavy atom. The van der Waals surface area contributed by atoms with Gasteiger partial charge in [-0.1, -0.05) is 48.5 Å². The molecule has 5 heterocycles. The van der Waals surface area contributed by atoms with Crippen molar-refractivity contribution in [2.75, 3.05) is 0 Å². The van der Waals surface area contributed by atoms with Crippen LogP contribution in [0.25, 0.3) is 66.8 Å². The smallest absolute Gasteiger partial charge is 0.161 e. The molecule has 8 aromatic rings. The second-order valence-electron chi connectivity index (χ2n) is 11.4. The number of hydrogen-bond donors (Lipinski definition) is 0. The van der Waals surface area contributed by atoms with Gasteiger partial charge in [0.25, 0.3) is 0 Å². The summed E-state index contributed by atoms with van der Waals surface area (Å²) >= 11 is 0. The van der Waals surface area contributed by atoms with Gasteiger partial charge in [0, 0.05) is 41.9 Å². The van der Waals surface area contributed by atoms with Crippen molar-refractivity contribution in [1.29, 1.82) is 0 Å². The molecule has 2 aliphatic rings. The maximum Gasteiger partial charge on any atom is 0.161 e. The average molecular weight is 563 g/mol. The normalized spacial score (nSPS) is 13.6. The average Bonchev–Trinajstić information content (AvgIpc) is 3.72. The molecular weight excluding hydrogens is 540 g/mol. The molecule has 0 aliphatic heterocycles. The summed E-state index contributed by atoms with van der Waals surface area (Å²) in [6, 6.07) is 36.5. The van der Waals surface area contributed by atoms with Gasteiger partial charge >= 0.3 is 0 Å². The van der Waals surface area contributed by atoms with E-state index >= 15 is 0 Å². The molecule has 44 heavy (non-hydrogen) atoms. The number of fused-ring (bicyclic) bond motifs is 13. The molecule has 0 unspecified atom stereocenters. The molecular formula is C39H22N4O. The first kappa shape index (κ1) is 23.6. The molecule has 5 heteroatoms. The highest BCUT2D eigenvalue weighted by Gasteiger charge is 2.53. The summed E-state index contributed by atoms with van der Waals surface area (Å²) in [5, 5.41) is 1.02. The largest absolute Gasteiger partial charge is 0.454 e. The Morgan fingerprint density at radius 2 is 1.16 bits per heavy atom. The van der Waals surface area contributed by atoms with E-state index in [1.807, 2.05) is 61.3 Å². The lowest BCUT2D eigenvalue weighted by Crippen LogP contribution is -2.26. The second kappa shape index (κ2) is 8.55. The lowest BCUT2D eigenvalue weighted by atomic mass is 9.70. The van der Waals surface area contributed by atoms with E-state index in [1.54, 1.807) is 0 Å². The van der Waals surface area contributed by atoms with Crippen LogP contribution in [0, 0.1) is 0 Å². The number of rotatable bonds is 2. The van der Waals surface area contributed by atoms with Crippen molar-refractivity contribution < 1.29 is 4.42 Å². The molecule has 0 amide bonds. The van der Waals surface area contributed by atoms with Crippen molar-refractivity contribution in [3.63, 3.8) is 0 Å². The molecule has 5 nitrogen and oxygen atoms in total. The third-order valence-electron chi connectivity index (χ3n) is 9.37. The van der Waals surface area contributed by atoms with Gasteiger partial charge in [0.15, 0.2) is 5.58 Å². The summed E-state index contributed by atoms with van der Waals surface area (Å²) in [7, 11) is 0. The standard InChI is InChI=1S/C39H22N4O/c1-2-8-34-29(5-1)35-38(44-34)26(15-20-43-35)25-10-12-28-27-11-9-24(23-13-18-40-19-14-23)21-32(27)39(33(28)22-25)30-6-3-16-41-36(30)37-31(39)7-4-17-42-37/h1-22H. The summed E-state index contributed by atoms with van der Waals surface area (Å²) in [4.78, 5) is 18.8. The van der Waals surface area contributed by atoms with E-state index < -0.39 is 5.41 Å². The number of aromatic nitrogens is 4. The molecule has 0 N–H and O–H groups in total. The van der Waals surface area contributed by atoms with E-state index in [0.717, 1.165) is 66.8 Å². The molecule has 0 radical (unpaired) electrons. The maximum absolute atomic E-state index is 6.43. The molecule has 2 aliphatic carbocycles. The molecule has 0 bridgehead atoms. The summed E-state index contributed by atoms with van der Waals surface area (Å²) in [6.45, 7) is 0. The third-order valence-corrected chi connectivity index (χ3v) is 9.37. The van der Waals surface area contributed by atoms with E-state index in [4.69, 9.17) is 19.4 Å². The fraction of sp³-hybridized carbons (Fsp3) is 0.0256. The van der Waals surface area contributed by atoms with Gasteiger partial charge in [-0.25, -0.2) is 0 Å². The van der Waals surface area contributed by atoms with Gasteiger partial charge in [-0.15, -0.1) is 0 Å². The van der Waals surface area contributed by atoms with E-state index in [0.29, 0.717) is 0 Å². The molecule has 0 saturated carbocycles. The first-order valence-corrected chi connectivity index (χ1v) is 14.7. The zero-order chi connectivity index (χ0) is 28.8. The quantitative estimate of drug-likeness (QED) is 0.211. The summed E-state index contributed by atoms with van der Waals surface area (Å²) < 4.78 is 6.43. The fourth-order valence-electron chi connectivity index (χ4n) is 7.57. The zero-order valence-corrected chi connectivity index (χ0v) is 23.4. The van der Waals surface area contributed by atoms with Gasteiger partial charge in [0.05, 0.1) is 16.8 Å². The van der Waals surface area contributed by atoms with Crippen LogP contribution < -0.4 is 0 Å². The summed E-state index contributed by atoms with van der Waals surface area (Å²) in [5.74, 6) is 0. The Kier molecular flexibility index (Phi) is 4.59. The Labute approximate surface area is 252 Å². The van der Waals surface area contributed by atoms with Crippen molar-refractivity contribution >= 4 is 22.1 Å². The molecule has 10 rings (SSSR count). The molecule has 1 spiro atoms. The van der Waals surface area contributed by atoms with Gasteiger partial charge in [-0.3, -0.25) is 19.9 Å². The lowest BCUT2D eigenvalue weighted by Gasteiger charge is -2.30. The van der Waals surface area contributed by atoms with Crippen LogP contribution in [-0.2, 0) is 5.41 Å². The fourth-order valence-corrected chi connectivity index (χ4v) is 7.57. The van der Waals surface area contributed by atoms with E-state index in [1.165, 1.54) is 22.3 Å². The van der Waals surface area contributed by atoms with E-state index in [-0.39, 0.29) is 0 Å². The van der Waals surface area contributed by atoms with Crippen LogP contribution in [0.1, 0.15) is 22.3 Å². The minimum Gasteiger partial charge on any atom is -0.454 e. The SMILES string of the molecule is c1cnc2c(c1)C1(c3cc(-c4ccncc4)ccc3-c3ccc(-c4ccnc5c4oc4ccccc45)cc31)c1cccnc1-2. The van der Waals surface area contributed by atoms with E-state index in [2.05, 4.69) is 77.8 Å². The minimum absolute atomic E-state index is 0.572. The highest BCUT2D eigenvalue weighted by molar-refractivity contribution is 6.07. The molecule has 0 atom stereocenters. The summed E-state index contributed by atoms with van der Waals surface area (Å²) in [5.41, 5.74) is 15.4. The molecule has 5 aromatic heterocycles. The predicted octanol–water partition coefficient (Wildman–Crippen LogP) is 8.84. The van der Waals surface area contributed by atoms with Crippen molar-refractivity contribution in [2.45, 2.75) is 5.41 Å². The minimum atomic E-state index is -0.572. The molecule has 3 aromatic carbocycles. The number of pyridine rings is 4. The van der Waals surface area contributed by atoms with Crippen LogP contribution in [0.5, 0.6) is 0 Å². The topological polar surface area (TPSA) is 64.7 Å². The zero-order valence-electron chi connectivity index (χ0n) is 23.4. The number of para-hydroxylation sites is 1. The second-order valence-corrected chi connectivity index (χ2v) is 11.4. The van der Waals surface area contributed by atoms with Crippen LogP contribution in [0.4, 0.5) is 0 Å². The van der Waals surface area contributed by atoms with Crippen molar-refractivity contribution in [2.24, 2.45) is 0 Å². The van der Waals surface area contributed by atoms with Crippen molar-refractivity contribution in [1.82, 2.24) is 19.9 Å². The highest BCUT2D eigenvalue weighted by atomic mass is 16.3.